The third kappa shape index (κ3) is 2.89. The zero-order chi connectivity index (χ0) is 14.9. The number of ether oxygens (including phenoxy) is 2. The predicted molar refractivity (Wildman–Crippen MR) is 80.5 cm³/mol. The number of nitrogens with one attached hydrogen (secondary N) is 3. The van der Waals surface area contributed by atoms with Gasteiger partial charge in [0.15, 0.2) is 11.5 Å². The second kappa shape index (κ2) is 5.78. The van der Waals surface area contributed by atoms with E-state index in [0.717, 1.165) is 29.4 Å². The number of carbonyl (C=O) groups excluding carboxylic acids is 1. The Labute approximate surface area is 129 Å². The lowest BCUT2D eigenvalue weighted by atomic mass is 10.1. The number of rotatable bonds is 4. The Balaban J connectivity index is 1.31. The number of benzene rings is 1. The van der Waals surface area contributed by atoms with Crippen LogP contribution in [-0.4, -0.2) is 31.2 Å². The molecule has 4 rings (SSSR count). The SMILES string of the molecule is O=C(NCc1ccc2c(c1)OCCO2)C1CC(C2CC2)NN1. The Kier molecular flexibility index (Phi) is 3.63. The van der Waals surface area contributed by atoms with E-state index in [2.05, 4.69) is 16.2 Å². The van der Waals surface area contributed by atoms with Crippen molar-refractivity contribution in [1.29, 1.82) is 0 Å². The Hall–Kier alpha value is -1.79. The fraction of sp³-hybridized carbons (Fsp3) is 0.562. The van der Waals surface area contributed by atoms with Crippen LogP contribution in [0.5, 0.6) is 11.5 Å². The summed E-state index contributed by atoms with van der Waals surface area (Å²) in [4.78, 5) is 12.2. The Morgan fingerprint density at radius 2 is 2.00 bits per heavy atom. The summed E-state index contributed by atoms with van der Waals surface area (Å²) in [6.45, 7) is 1.66. The van der Waals surface area contributed by atoms with Gasteiger partial charge in [-0.25, -0.2) is 5.43 Å². The average Bonchev–Trinajstić information content (AvgIpc) is 3.29. The number of hydrazine groups is 1. The molecular weight excluding hydrogens is 282 g/mol. The molecule has 0 aromatic heterocycles. The van der Waals surface area contributed by atoms with E-state index in [0.29, 0.717) is 25.8 Å². The highest BCUT2D eigenvalue weighted by molar-refractivity contribution is 5.82. The average molecular weight is 303 g/mol. The topological polar surface area (TPSA) is 71.6 Å². The van der Waals surface area contributed by atoms with Gasteiger partial charge in [0, 0.05) is 12.6 Å². The molecule has 2 atom stereocenters. The van der Waals surface area contributed by atoms with Gasteiger partial charge >= 0.3 is 0 Å². The standard InChI is InChI=1S/C16H21N3O3/c20-16(13-8-12(18-19-13)11-2-3-11)17-9-10-1-4-14-15(7-10)22-6-5-21-14/h1,4,7,11-13,18-19H,2-3,5-6,8-9H2,(H,17,20). The number of hydrogen-bond donors (Lipinski definition) is 3. The van der Waals surface area contributed by atoms with Crippen molar-refractivity contribution in [3.63, 3.8) is 0 Å². The lowest BCUT2D eigenvalue weighted by molar-refractivity contribution is -0.123. The summed E-state index contributed by atoms with van der Waals surface area (Å²) in [6, 6.07) is 6.10. The molecule has 1 saturated heterocycles. The Morgan fingerprint density at radius 1 is 1.18 bits per heavy atom. The summed E-state index contributed by atoms with van der Waals surface area (Å²) in [5.74, 6) is 2.33. The van der Waals surface area contributed by atoms with Crippen LogP contribution in [0.4, 0.5) is 0 Å². The minimum Gasteiger partial charge on any atom is -0.486 e. The smallest absolute Gasteiger partial charge is 0.238 e. The third-order valence-corrected chi connectivity index (χ3v) is 4.51. The summed E-state index contributed by atoms with van der Waals surface area (Å²) < 4.78 is 11.1. The van der Waals surface area contributed by atoms with Crippen molar-refractivity contribution in [2.45, 2.75) is 37.9 Å². The molecule has 2 unspecified atom stereocenters. The largest absolute Gasteiger partial charge is 0.486 e. The van der Waals surface area contributed by atoms with Crippen molar-refractivity contribution in [1.82, 2.24) is 16.2 Å². The van der Waals surface area contributed by atoms with Crippen LogP contribution in [0, 0.1) is 5.92 Å². The van der Waals surface area contributed by atoms with Crippen LogP contribution in [0.2, 0.25) is 0 Å². The van der Waals surface area contributed by atoms with E-state index in [1.807, 2.05) is 18.2 Å². The van der Waals surface area contributed by atoms with Crippen LogP contribution in [0.3, 0.4) is 0 Å². The quantitative estimate of drug-likeness (QED) is 0.764. The molecule has 2 fully saturated rings. The fourth-order valence-electron chi connectivity index (χ4n) is 3.07. The minimum atomic E-state index is -0.136. The van der Waals surface area contributed by atoms with Gasteiger partial charge in [-0.3, -0.25) is 10.2 Å². The van der Waals surface area contributed by atoms with E-state index < -0.39 is 0 Å². The second-order valence-electron chi connectivity index (χ2n) is 6.22. The first-order chi connectivity index (χ1) is 10.8. The molecule has 2 aliphatic heterocycles. The van der Waals surface area contributed by atoms with Gasteiger partial charge in [-0.15, -0.1) is 0 Å². The molecule has 1 aromatic carbocycles. The van der Waals surface area contributed by atoms with Crippen LogP contribution >= 0.6 is 0 Å². The zero-order valence-electron chi connectivity index (χ0n) is 12.4. The first-order valence-electron chi connectivity index (χ1n) is 7.97. The van der Waals surface area contributed by atoms with Gasteiger partial charge < -0.3 is 14.8 Å². The van der Waals surface area contributed by atoms with Gasteiger partial charge in [0.25, 0.3) is 0 Å². The number of fused-ring (bicyclic) bond motifs is 1. The van der Waals surface area contributed by atoms with Gasteiger partial charge in [0.2, 0.25) is 5.91 Å². The van der Waals surface area contributed by atoms with Gasteiger partial charge in [-0.2, -0.15) is 0 Å². The van der Waals surface area contributed by atoms with Gasteiger partial charge in [-0.05, 0) is 42.9 Å². The summed E-state index contributed by atoms with van der Waals surface area (Å²) in [6.07, 6.45) is 3.44. The zero-order valence-corrected chi connectivity index (χ0v) is 12.4. The van der Waals surface area contributed by atoms with Crippen molar-refractivity contribution in [2.75, 3.05) is 13.2 Å². The highest BCUT2D eigenvalue weighted by atomic mass is 16.6. The van der Waals surface area contributed by atoms with E-state index in [4.69, 9.17) is 9.47 Å². The van der Waals surface area contributed by atoms with Crippen LogP contribution in [0.25, 0.3) is 0 Å². The normalized spacial score (nSPS) is 26.7. The number of amides is 1. The lowest BCUT2D eigenvalue weighted by Gasteiger charge is -2.19. The summed E-state index contributed by atoms with van der Waals surface area (Å²) >= 11 is 0. The predicted octanol–water partition coefficient (Wildman–Crippen LogP) is 0.719. The molecule has 118 valence electrons. The van der Waals surface area contributed by atoms with Crippen molar-refractivity contribution in [2.24, 2.45) is 5.92 Å². The lowest BCUT2D eigenvalue weighted by Crippen LogP contribution is -2.43. The molecule has 1 amide bonds. The van der Waals surface area contributed by atoms with Gasteiger partial charge in [0.1, 0.15) is 19.3 Å². The minimum absolute atomic E-state index is 0.0468. The van der Waals surface area contributed by atoms with Crippen molar-refractivity contribution in [3.8, 4) is 11.5 Å². The van der Waals surface area contributed by atoms with Gasteiger partial charge in [0.05, 0.1) is 0 Å². The molecule has 2 heterocycles. The van der Waals surface area contributed by atoms with E-state index in [-0.39, 0.29) is 11.9 Å². The second-order valence-corrected chi connectivity index (χ2v) is 6.22. The molecule has 1 saturated carbocycles. The van der Waals surface area contributed by atoms with Crippen molar-refractivity contribution < 1.29 is 14.3 Å². The van der Waals surface area contributed by atoms with E-state index in [1.165, 1.54) is 12.8 Å². The molecule has 6 heteroatoms. The maximum absolute atomic E-state index is 12.2. The maximum Gasteiger partial charge on any atom is 0.238 e. The number of hydrogen-bond acceptors (Lipinski definition) is 5. The van der Waals surface area contributed by atoms with Crippen LogP contribution < -0.4 is 25.6 Å². The molecule has 1 aromatic rings. The summed E-state index contributed by atoms with van der Waals surface area (Å²) in [5, 5.41) is 2.99. The summed E-state index contributed by atoms with van der Waals surface area (Å²) in [5.41, 5.74) is 7.36. The van der Waals surface area contributed by atoms with E-state index in [9.17, 15) is 4.79 Å². The van der Waals surface area contributed by atoms with Crippen LogP contribution in [0.15, 0.2) is 18.2 Å². The Morgan fingerprint density at radius 3 is 2.82 bits per heavy atom. The van der Waals surface area contributed by atoms with E-state index in [1.54, 1.807) is 0 Å². The first kappa shape index (κ1) is 13.8. The maximum atomic E-state index is 12.2. The third-order valence-electron chi connectivity index (χ3n) is 4.51. The first-order valence-corrected chi connectivity index (χ1v) is 7.97. The monoisotopic (exact) mass is 303 g/mol. The molecule has 0 radical (unpaired) electrons. The summed E-state index contributed by atoms with van der Waals surface area (Å²) in [7, 11) is 0. The number of carbonyl (C=O) groups is 1. The van der Waals surface area contributed by atoms with Crippen molar-refractivity contribution in [3.05, 3.63) is 23.8 Å². The molecule has 0 spiro atoms. The molecule has 0 bridgehead atoms. The van der Waals surface area contributed by atoms with Gasteiger partial charge in [-0.1, -0.05) is 6.07 Å². The van der Waals surface area contributed by atoms with Crippen molar-refractivity contribution >= 4 is 5.91 Å². The van der Waals surface area contributed by atoms with Crippen LogP contribution in [0.1, 0.15) is 24.8 Å². The molecule has 3 N–H and O–H groups in total. The Bertz CT molecular complexity index is 574. The highest BCUT2D eigenvalue weighted by Gasteiger charge is 2.38. The molecule has 22 heavy (non-hydrogen) atoms. The molecule has 1 aliphatic carbocycles. The highest BCUT2D eigenvalue weighted by Crippen LogP contribution is 2.35. The van der Waals surface area contributed by atoms with E-state index >= 15 is 0 Å². The molecule has 6 nitrogen and oxygen atoms in total. The molecule has 3 aliphatic rings. The van der Waals surface area contributed by atoms with Crippen LogP contribution in [-0.2, 0) is 11.3 Å². The fourth-order valence-corrected chi connectivity index (χ4v) is 3.07. The molecular formula is C16H21N3O3.